The quantitative estimate of drug-likeness (QED) is 0.0444. The number of hydrogen-bond acceptors (Lipinski definition) is 20. The first-order valence-electron chi connectivity index (χ1n) is 33.6. The Morgan fingerprint density at radius 2 is 0.510 bits per heavy atom. The third-order valence-electron chi connectivity index (χ3n) is 20.0. The molecule has 0 heterocycles. The van der Waals surface area contributed by atoms with Crippen LogP contribution in [-0.2, 0) is 89.2 Å². The van der Waals surface area contributed by atoms with Crippen LogP contribution < -0.4 is 5.32 Å². The second kappa shape index (κ2) is 47.7. The molecular formula is C59H130F9NO20Si9. The number of carbonyl (C=O) groups is 1. The fraction of sp³-hybridized carbons (Fsp3) is 0.983. The molecule has 0 aromatic carbocycles. The van der Waals surface area contributed by atoms with Crippen LogP contribution in [0.25, 0.3) is 0 Å². The summed E-state index contributed by atoms with van der Waals surface area (Å²) < 4.78 is 218. The molecular weight excluding hydrogens is 1470 g/mol. The predicted molar refractivity (Wildman–Crippen MR) is 381 cm³/mol. The van der Waals surface area contributed by atoms with Gasteiger partial charge < -0.3 is 85.0 Å². The van der Waals surface area contributed by atoms with Gasteiger partial charge >= 0.3 is 77.0 Å². The zero-order chi connectivity index (χ0) is 75.9. The van der Waals surface area contributed by atoms with Crippen molar-refractivity contribution in [2.45, 2.75) is 232 Å². The molecule has 0 aromatic heterocycles. The van der Waals surface area contributed by atoms with Gasteiger partial charge in [-0.1, -0.05) is 132 Å². The van der Waals surface area contributed by atoms with Crippen LogP contribution in [0, 0.1) is 5.41 Å². The van der Waals surface area contributed by atoms with Crippen LogP contribution in [0.3, 0.4) is 0 Å². The van der Waals surface area contributed by atoms with Crippen LogP contribution in [0.4, 0.5) is 39.5 Å². The average Bonchev–Trinajstić information content (AvgIpc) is 0.780. The number of alkyl halides is 9. The van der Waals surface area contributed by atoms with Crippen molar-refractivity contribution in [1.29, 1.82) is 0 Å². The Labute approximate surface area is 592 Å². The first kappa shape index (κ1) is 100. The number of rotatable bonds is 61. The summed E-state index contributed by atoms with van der Waals surface area (Å²) in [4.78, 5) is 13.2. The maximum atomic E-state index is 13.2. The van der Waals surface area contributed by atoms with Crippen molar-refractivity contribution in [3.05, 3.63) is 0 Å². The molecule has 0 bridgehead atoms. The Bertz CT molecular complexity index is 1790. The van der Waals surface area contributed by atoms with Crippen molar-refractivity contribution in [3.8, 4) is 0 Å². The lowest BCUT2D eigenvalue weighted by atomic mass is 9.75. The van der Waals surface area contributed by atoms with Gasteiger partial charge in [0.25, 0.3) is 0 Å². The van der Waals surface area contributed by atoms with Crippen molar-refractivity contribution < 1.29 is 129 Å². The van der Waals surface area contributed by atoms with Gasteiger partial charge in [0.2, 0.25) is 5.91 Å². The van der Waals surface area contributed by atoms with E-state index in [0.29, 0.717) is 6.54 Å². The maximum Gasteiger partial charge on any atom is 0.522 e. The maximum absolute atomic E-state index is 13.2. The van der Waals surface area contributed by atoms with Crippen LogP contribution in [0.15, 0.2) is 0 Å². The molecule has 0 saturated heterocycles. The summed E-state index contributed by atoms with van der Waals surface area (Å²) in [5.74, 6) is -16.1. The van der Waals surface area contributed by atoms with Gasteiger partial charge in [0.1, 0.15) is 0 Å². The minimum atomic E-state index is -5.76. The van der Waals surface area contributed by atoms with Crippen LogP contribution >= 0.6 is 0 Å². The van der Waals surface area contributed by atoms with E-state index in [1.54, 1.807) is 135 Å². The molecule has 0 saturated carbocycles. The predicted octanol–water partition coefficient (Wildman–Crippen LogP) is 15.1. The largest absolute Gasteiger partial charge is 0.522 e. The molecule has 98 heavy (non-hydrogen) atoms. The molecule has 0 rings (SSSR count). The summed E-state index contributed by atoms with van der Waals surface area (Å²) in [6.07, 6.45) is 4.59. The second-order valence-corrected chi connectivity index (χ2v) is 60.4. The lowest BCUT2D eigenvalue weighted by molar-refractivity contribution is -0.340. The minimum Gasteiger partial charge on any atom is -0.377 e. The number of nitrogens with one attached hydrogen (secondary N) is 1. The average molecular weight is 1600 g/mol. The number of amides is 1. The van der Waals surface area contributed by atoms with Gasteiger partial charge in [0.15, 0.2) is 0 Å². The van der Waals surface area contributed by atoms with E-state index in [9.17, 15) is 44.3 Å². The number of halogens is 9. The highest BCUT2D eigenvalue weighted by Crippen LogP contribution is 2.48. The van der Waals surface area contributed by atoms with Gasteiger partial charge in [-0.2, -0.15) is 26.3 Å². The van der Waals surface area contributed by atoms with E-state index < -0.39 is 121 Å². The Morgan fingerprint density at radius 3 is 0.673 bits per heavy atom. The van der Waals surface area contributed by atoms with Gasteiger partial charge in [-0.15, -0.1) is 13.2 Å². The summed E-state index contributed by atoms with van der Waals surface area (Å²) in [6, 6.07) is 14.7. The molecule has 0 aliphatic carbocycles. The molecule has 590 valence electrons. The third-order valence-corrected chi connectivity index (χ3v) is 51.1. The first-order valence-corrected chi connectivity index (χ1v) is 54.6. The highest BCUT2D eigenvalue weighted by Gasteiger charge is 2.68. The number of carbonyl (C=O) groups excluding carboxylic acids is 1. The number of hydrogen-bond donors (Lipinski definition) is 1. The molecule has 0 aliphatic heterocycles. The fourth-order valence-electron chi connectivity index (χ4n) is 13.2. The van der Waals surface area contributed by atoms with Crippen molar-refractivity contribution in [1.82, 2.24) is 5.32 Å². The highest BCUT2D eigenvalue weighted by atomic mass is 28.4. The Hall–Kier alpha value is 0.0319. The van der Waals surface area contributed by atoms with Gasteiger partial charge in [0.05, 0.1) is 30.8 Å². The monoisotopic (exact) mass is 1600 g/mol. The van der Waals surface area contributed by atoms with E-state index >= 15 is 0 Å². The van der Waals surface area contributed by atoms with Crippen molar-refractivity contribution >= 4 is 83.0 Å². The lowest BCUT2D eigenvalue weighted by Crippen LogP contribution is -2.53. The molecule has 1 amide bonds. The van der Waals surface area contributed by atoms with E-state index in [1.807, 2.05) is 0 Å². The third kappa shape index (κ3) is 34.7. The normalized spacial score (nSPS) is 14.1. The van der Waals surface area contributed by atoms with Gasteiger partial charge in [-0.25, -0.2) is 0 Å². The van der Waals surface area contributed by atoms with E-state index in [-0.39, 0.29) is 11.3 Å². The molecule has 0 atom stereocenters. The zero-order valence-electron chi connectivity index (χ0n) is 63.8. The van der Waals surface area contributed by atoms with Crippen LogP contribution in [0.2, 0.25) is 110 Å². The summed E-state index contributed by atoms with van der Waals surface area (Å²) in [6.45, 7) is 7.74. The van der Waals surface area contributed by atoms with E-state index in [0.717, 1.165) is 168 Å². The smallest absolute Gasteiger partial charge is 0.377 e. The molecule has 0 spiro atoms. The van der Waals surface area contributed by atoms with E-state index in [2.05, 4.69) is 29.7 Å². The van der Waals surface area contributed by atoms with Crippen molar-refractivity contribution in [2.75, 3.05) is 141 Å². The Kier molecular flexibility index (Phi) is 48.7. The molecule has 0 radical (unpaired) electrons. The number of ether oxygens (including phenoxy) is 1. The second-order valence-electron chi connectivity index (χ2n) is 26.5. The molecule has 1 N–H and O–H groups in total. The van der Waals surface area contributed by atoms with Crippen molar-refractivity contribution in [3.63, 3.8) is 0 Å². The molecule has 21 nitrogen and oxygen atoms in total. The van der Waals surface area contributed by atoms with Crippen LogP contribution in [0.5, 0.6) is 0 Å². The van der Waals surface area contributed by atoms with Gasteiger partial charge in [-0.3, -0.25) is 9.53 Å². The first-order chi connectivity index (χ1) is 45.6. The summed E-state index contributed by atoms with van der Waals surface area (Å²) >= 11 is 0. The van der Waals surface area contributed by atoms with Gasteiger partial charge in [0, 0.05) is 191 Å². The van der Waals surface area contributed by atoms with Crippen LogP contribution in [-0.4, -0.2) is 248 Å². The highest BCUT2D eigenvalue weighted by molar-refractivity contribution is 6.80. The van der Waals surface area contributed by atoms with Crippen LogP contribution in [0.1, 0.15) is 97.3 Å². The topological polar surface area (TPSA) is 204 Å². The van der Waals surface area contributed by atoms with Crippen molar-refractivity contribution in [2.24, 2.45) is 5.41 Å². The Morgan fingerprint density at radius 1 is 0.316 bits per heavy atom. The van der Waals surface area contributed by atoms with E-state index in [4.69, 9.17) is 79.7 Å². The standard InChI is InChI=1S/C52H123NO19Si9.C7H7F9O/c1-51(54)53-50-52(32-23-35-73(20,38-26-44-76(55-2,56-3)57-4)39-27-45-77(58-5,59-6)60-7,33-24-36-74(21,40-28-46-78(61-8,62-9)63-10)41-29-47-79(64-11,65-12)66-13)34-25-37-75(22,42-30-48-80(67-14,68-15)69-16)43-31-49-81(70-17,71-18)72-19;1-4(8,9)6(12,13)5(10,11)2-3-17-7(14,15)16/h23-50H2,1-22H3,(H,53,54);2-3H2,1H3. The molecule has 0 aliphatic rings. The minimum absolute atomic E-state index is 0.00879. The fourth-order valence-corrected chi connectivity index (χ4v) is 37.2. The lowest BCUT2D eigenvalue weighted by Gasteiger charge is -2.39. The van der Waals surface area contributed by atoms with E-state index in [1.165, 1.54) is 0 Å². The molecule has 0 unspecified atom stereocenters. The molecule has 0 fully saturated rings. The molecule has 0 aromatic rings. The Balaban J connectivity index is 0. The van der Waals surface area contributed by atoms with Gasteiger partial charge in [-0.05, 0) is 24.7 Å². The summed E-state index contributed by atoms with van der Waals surface area (Å²) in [7, 11) is 8.18. The summed E-state index contributed by atoms with van der Waals surface area (Å²) in [5.41, 5.74) is -0.122. The summed E-state index contributed by atoms with van der Waals surface area (Å²) in [5, 5.41) is 3.42. The molecule has 39 heteroatoms. The zero-order valence-corrected chi connectivity index (χ0v) is 72.8. The SMILES string of the molecule is CC(F)(F)C(F)(F)C(F)(F)CCOC(F)(F)F.CO[Si](CCC[Si](C)(CCCC(CCC[Si](C)(CCC[Si](OC)(OC)OC)CCC[Si](OC)(OC)OC)(CCC[Si](C)(CCC[Si](OC)(OC)OC)CCC[Si](OC)(OC)OC)CNC(C)=O)CCC[Si](OC)(OC)OC)(OC)OC.